The van der Waals surface area contributed by atoms with E-state index in [2.05, 4.69) is 15.9 Å². The van der Waals surface area contributed by atoms with Gasteiger partial charge >= 0.3 is 0 Å². The van der Waals surface area contributed by atoms with Gasteiger partial charge < -0.3 is 9.84 Å². The Hall–Kier alpha value is -1.03. The second-order valence-electron chi connectivity index (χ2n) is 3.10. The third-order valence-electron chi connectivity index (χ3n) is 1.96. The van der Waals surface area contributed by atoms with Crippen molar-refractivity contribution >= 4 is 21.7 Å². The van der Waals surface area contributed by atoms with Crippen LogP contribution in [-0.2, 0) is 4.79 Å². The Balaban J connectivity index is 3.08. The van der Waals surface area contributed by atoms with Gasteiger partial charge in [0.2, 0.25) is 0 Å². The first-order chi connectivity index (χ1) is 7.07. The molecular weight excluding hydrogens is 260 g/mol. The monoisotopic (exact) mass is 272 g/mol. The summed E-state index contributed by atoms with van der Waals surface area (Å²) in [6.45, 7) is 3.78. The molecule has 0 saturated heterocycles. The maximum absolute atomic E-state index is 11.2. The van der Waals surface area contributed by atoms with E-state index in [0.29, 0.717) is 17.9 Å². The molecule has 1 N–H and O–H groups in total. The summed E-state index contributed by atoms with van der Waals surface area (Å²) in [5, 5.41) is 9.83. The highest BCUT2D eigenvalue weighted by Crippen LogP contribution is 2.37. The van der Waals surface area contributed by atoms with Crippen molar-refractivity contribution in [3.05, 3.63) is 23.8 Å². The minimum absolute atomic E-state index is 0.0245. The number of ketones is 1. The van der Waals surface area contributed by atoms with E-state index in [9.17, 15) is 9.90 Å². The fourth-order valence-electron chi connectivity index (χ4n) is 1.23. The van der Waals surface area contributed by atoms with Gasteiger partial charge in [0.05, 0.1) is 6.61 Å². The highest BCUT2D eigenvalue weighted by atomic mass is 79.9. The summed E-state index contributed by atoms with van der Waals surface area (Å²) in [6.07, 6.45) is 0. The molecular formula is C11H13BrO3. The van der Waals surface area contributed by atoms with Crippen molar-refractivity contribution in [1.29, 1.82) is 0 Å². The summed E-state index contributed by atoms with van der Waals surface area (Å²) in [7, 11) is 0. The summed E-state index contributed by atoms with van der Waals surface area (Å²) < 4.78 is 5.23. The molecule has 0 heterocycles. The van der Waals surface area contributed by atoms with E-state index in [1.807, 2.05) is 6.92 Å². The second-order valence-corrected chi connectivity index (χ2v) is 4.02. The number of aromatic hydroxyl groups is 1. The van der Waals surface area contributed by atoms with Gasteiger partial charge in [-0.05, 0) is 19.9 Å². The summed E-state index contributed by atoms with van der Waals surface area (Å²) >= 11 is 3.22. The fraction of sp³-hybridized carbons (Fsp3) is 0.364. The number of alkyl halides is 1. The molecule has 0 saturated carbocycles. The molecule has 0 aliphatic carbocycles. The SMILES string of the molecule is CCOc1cccc(C(Br)C(C)=O)c1O. The first-order valence-corrected chi connectivity index (χ1v) is 5.58. The molecule has 1 atom stereocenters. The molecule has 1 rings (SSSR count). The molecule has 0 amide bonds. The lowest BCUT2D eigenvalue weighted by Crippen LogP contribution is -2.02. The van der Waals surface area contributed by atoms with Gasteiger partial charge in [-0.2, -0.15) is 0 Å². The molecule has 82 valence electrons. The predicted octanol–water partition coefficient (Wildman–Crippen LogP) is 2.82. The Bertz CT molecular complexity index is 363. The van der Waals surface area contributed by atoms with Gasteiger partial charge in [-0.25, -0.2) is 0 Å². The van der Waals surface area contributed by atoms with E-state index < -0.39 is 4.83 Å². The van der Waals surface area contributed by atoms with Crippen LogP contribution in [0.3, 0.4) is 0 Å². The number of benzene rings is 1. The van der Waals surface area contributed by atoms with Gasteiger partial charge in [-0.15, -0.1) is 0 Å². The molecule has 4 heteroatoms. The number of hydrogen-bond acceptors (Lipinski definition) is 3. The van der Waals surface area contributed by atoms with Crippen molar-refractivity contribution in [3.63, 3.8) is 0 Å². The smallest absolute Gasteiger partial charge is 0.162 e. The average Bonchev–Trinajstić information content (AvgIpc) is 2.20. The van der Waals surface area contributed by atoms with Crippen LogP contribution in [0.15, 0.2) is 18.2 Å². The Morgan fingerprint density at radius 1 is 1.60 bits per heavy atom. The van der Waals surface area contributed by atoms with Crippen molar-refractivity contribution in [3.8, 4) is 11.5 Å². The molecule has 0 fully saturated rings. The Kier molecular flexibility index (Phi) is 4.15. The third-order valence-corrected chi connectivity index (χ3v) is 3.10. The molecule has 1 aromatic carbocycles. The molecule has 1 aromatic rings. The van der Waals surface area contributed by atoms with E-state index in [4.69, 9.17) is 4.74 Å². The molecule has 0 spiro atoms. The van der Waals surface area contributed by atoms with Gasteiger partial charge in [0.1, 0.15) is 10.6 Å². The maximum Gasteiger partial charge on any atom is 0.162 e. The van der Waals surface area contributed by atoms with E-state index >= 15 is 0 Å². The molecule has 0 aliphatic rings. The van der Waals surface area contributed by atoms with Crippen LogP contribution in [0.1, 0.15) is 24.2 Å². The number of Topliss-reactive ketones (excluding diaryl/α,β-unsaturated/α-hetero) is 1. The van der Waals surface area contributed by atoms with Crippen molar-refractivity contribution in [1.82, 2.24) is 0 Å². The summed E-state index contributed by atoms with van der Waals surface area (Å²) in [4.78, 5) is 10.7. The van der Waals surface area contributed by atoms with Crippen LogP contribution in [0.5, 0.6) is 11.5 Å². The molecule has 0 radical (unpaired) electrons. The van der Waals surface area contributed by atoms with E-state index in [1.165, 1.54) is 6.92 Å². The summed E-state index contributed by atoms with van der Waals surface area (Å²) in [5.41, 5.74) is 0.536. The maximum atomic E-state index is 11.2. The Morgan fingerprint density at radius 2 is 2.27 bits per heavy atom. The van der Waals surface area contributed by atoms with Crippen LogP contribution in [0.4, 0.5) is 0 Å². The van der Waals surface area contributed by atoms with Crippen LogP contribution in [-0.4, -0.2) is 17.5 Å². The van der Waals surface area contributed by atoms with Crippen molar-refractivity contribution in [2.75, 3.05) is 6.61 Å². The molecule has 0 bridgehead atoms. The number of carbonyl (C=O) groups is 1. The number of ether oxygens (including phenoxy) is 1. The molecule has 0 aromatic heterocycles. The van der Waals surface area contributed by atoms with Crippen LogP contribution < -0.4 is 4.74 Å². The highest BCUT2D eigenvalue weighted by molar-refractivity contribution is 9.09. The predicted molar refractivity (Wildman–Crippen MR) is 61.6 cm³/mol. The fourth-order valence-corrected chi connectivity index (χ4v) is 1.60. The van der Waals surface area contributed by atoms with E-state index in [-0.39, 0.29) is 11.5 Å². The number of halogens is 1. The number of phenolic OH excluding ortho intramolecular Hbond substituents is 1. The van der Waals surface area contributed by atoms with Gasteiger partial charge in [0, 0.05) is 5.56 Å². The average molecular weight is 273 g/mol. The standard InChI is InChI=1S/C11H13BrO3/c1-3-15-9-6-4-5-8(11(9)14)10(12)7(2)13/h4-6,10,14H,3H2,1-2H3. The third kappa shape index (κ3) is 2.72. The lowest BCUT2D eigenvalue weighted by Gasteiger charge is -2.12. The van der Waals surface area contributed by atoms with Gasteiger partial charge in [-0.3, -0.25) is 4.79 Å². The zero-order valence-electron chi connectivity index (χ0n) is 8.66. The van der Waals surface area contributed by atoms with Crippen LogP contribution in [0, 0.1) is 0 Å². The molecule has 1 unspecified atom stereocenters. The zero-order valence-corrected chi connectivity index (χ0v) is 10.2. The first kappa shape index (κ1) is 12.0. The zero-order chi connectivity index (χ0) is 11.4. The number of hydrogen-bond donors (Lipinski definition) is 1. The topological polar surface area (TPSA) is 46.5 Å². The van der Waals surface area contributed by atoms with Crippen LogP contribution >= 0.6 is 15.9 Å². The largest absolute Gasteiger partial charge is 0.504 e. The van der Waals surface area contributed by atoms with Crippen LogP contribution in [0.25, 0.3) is 0 Å². The quantitative estimate of drug-likeness (QED) is 0.858. The number of phenols is 1. The second kappa shape index (κ2) is 5.16. The number of para-hydroxylation sites is 1. The van der Waals surface area contributed by atoms with Crippen LogP contribution in [0.2, 0.25) is 0 Å². The molecule has 0 aliphatic heterocycles. The van der Waals surface area contributed by atoms with Crippen molar-refractivity contribution < 1.29 is 14.6 Å². The minimum atomic E-state index is -0.488. The molecule has 15 heavy (non-hydrogen) atoms. The van der Waals surface area contributed by atoms with Gasteiger partial charge in [0.25, 0.3) is 0 Å². The molecule has 3 nitrogen and oxygen atoms in total. The first-order valence-electron chi connectivity index (χ1n) is 4.67. The normalized spacial score (nSPS) is 12.2. The minimum Gasteiger partial charge on any atom is -0.504 e. The van der Waals surface area contributed by atoms with Crippen molar-refractivity contribution in [2.24, 2.45) is 0 Å². The Labute approximate surface area is 97.2 Å². The van der Waals surface area contributed by atoms with Gasteiger partial charge in [-0.1, -0.05) is 28.1 Å². The van der Waals surface area contributed by atoms with Crippen molar-refractivity contribution in [2.45, 2.75) is 18.7 Å². The summed E-state index contributed by atoms with van der Waals surface area (Å²) in [5.74, 6) is 0.371. The lowest BCUT2D eigenvalue weighted by atomic mass is 10.1. The highest BCUT2D eigenvalue weighted by Gasteiger charge is 2.18. The number of carbonyl (C=O) groups excluding carboxylic acids is 1. The van der Waals surface area contributed by atoms with E-state index in [0.717, 1.165) is 0 Å². The Morgan fingerprint density at radius 3 is 2.80 bits per heavy atom. The summed E-state index contributed by atoms with van der Waals surface area (Å²) in [6, 6.07) is 5.11. The number of rotatable bonds is 4. The lowest BCUT2D eigenvalue weighted by molar-refractivity contribution is -0.116. The van der Waals surface area contributed by atoms with E-state index in [1.54, 1.807) is 18.2 Å². The van der Waals surface area contributed by atoms with Gasteiger partial charge in [0.15, 0.2) is 11.5 Å².